The van der Waals surface area contributed by atoms with Crippen LogP contribution >= 0.6 is 0 Å². The predicted octanol–water partition coefficient (Wildman–Crippen LogP) is 4.89. The molecule has 1 aliphatic rings. The first-order valence-electron chi connectivity index (χ1n) is 11.2. The van der Waals surface area contributed by atoms with Crippen LogP contribution in [0.2, 0.25) is 0 Å². The molecular weight excluding hydrogens is 465 g/mol. The molecule has 0 amide bonds. The number of methoxy groups -OCH3 is 1. The maximum Gasteiger partial charge on any atom is 0.312 e. The summed E-state index contributed by atoms with van der Waals surface area (Å²) in [6.07, 6.45) is 1.09. The van der Waals surface area contributed by atoms with Crippen LogP contribution in [0.15, 0.2) is 80.9 Å². The van der Waals surface area contributed by atoms with Crippen molar-refractivity contribution in [3.05, 3.63) is 104 Å². The van der Waals surface area contributed by atoms with Gasteiger partial charge in [0.05, 0.1) is 30.0 Å². The third-order valence-electron chi connectivity index (χ3n) is 6.50. The molecule has 178 valence electrons. The number of hydrogen-bond acceptors (Lipinski definition) is 6. The molecule has 0 aliphatic carbocycles. The number of H-pyrrole nitrogens is 1. The van der Waals surface area contributed by atoms with E-state index in [1.165, 1.54) is 43.7 Å². The molecule has 0 radical (unpaired) electrons. The zero-order chi connectivity index (χ0) is 25.0. The van der Waals surface area contributed by atoms with Crippen molar-refractivity contribution >= 4 is 27.8 Å². The van der Waals surface area contributed by atoms with Gasteiger partial charge in [-0.25, -0.2) is 4.39 Å². The Morgan fingerprint density at radius 1 is 1.00 bits per heavy atom. The lowest BCUT2D eigenvalue weighted by Crippen LogP contribution is -2.26. The lowest BCUT2D eigenvalue weighted by Gasteiger charge is -2.25. The smallest absolute Gasteiger partial charge is 0.312 e. The number of nitrogens with one attached hydrogen (secondary N) is 1. The summed E-state index contributed by atoms with van der Waals surface area (Å²) in [4.78, 5) is 41.8. The Hall–Kier alpha value is -4.72. The van der Waals surface area contributed by atoms with Gasteiger partial charge in [-0.15, -0.1) is 0 Å². The highest BCUT2D eigenvalue weighted by Gasteiger charge is 2.34. The zero-order valence-corrected chi connectivity index (χ0v) is 19.0. The average molecular weight is 483 g/mol. The van der Waals surface area contributed by atoms with E-state index in [0.717, 1.165) is 5.39 Å². The van der Waals surface area contributed by atoms with Crippen LogP contribution in [0.4, 0.5) is 4.39 Å². The van der Waals surface area contributed by atoms with Crippen LogP contribution in [0.5, 0.6) is 11.5 Å². The number of carbonyl (C=O) groups excluding carboxylic acids is 1. The third-order valence-corrected chi connectivity index (χ3v) is 6.50. The molecule has 0 saturated carbocycles. The Kier molecular flexibility index (Phi) is 4.96. The molecule has 0 saturated heterocycles. The van der Waals surface area contributed by atoms with Gasteiger partial charge in [-0.3, -0.25) is 14.4 Å². The van der Waals surface area contributed by atoms with Crippen LogP contribution < -0.4 is 20.5 Å². The molecule has 3 aromatic carbocycles. The lowest BCUT2D eigenvalue weighted by molar-refractivity contribution is -0.135. The summed E-state index contributed by atoms with van der Waals surface area (Å²) >= 11 is 0. The highest BCUT2D eigenvalue weighted by Crippen LogP contribution is 2.42. The summed E-state index contributed by atoms with van der Waals surface area (Å²) in [6.45, 7) is 0. The second-order valence-electron chi connectivity index (χ2n) is 8.55. The minimum absolute atomic E-state index is 0.0717. The van der Waals surface area contributed by atoms with Gasteiger partial charge in [0.1, 0.15) is 29.2 Å². The predicted molar refractivity (Wildman–Crippen MR) is 131 cm³/mol. The number of aromatic nitrogens is 1. The third kappa shape index (κ3) is 3.38. The molecule has 1 aliphatic heterocycles. The number of ether oxygens (including phenoxy) is 2. The van der Waals surface area contributed by atoms with E-state index in [1.54, 1.807) is 30.3 Å². The molecule has 8 heteroatoms. The van der Waals surface area contributed by atoms with Crippen molar-refractivity contribution in [2.45, 2.75) is 12.3 Å². The second-order valence-corrected chi connectivity index (χ2v) is 8.55. The number of fused-ring (bicyclic) bond motifs is 4. The quantitative estimate of drug-likeness (QED) is 0.290. The zero-order valence-electron chi connectivity index (χ0n) is 19.0. The fourth-order valence-corrected chi connectivity index (χ4v) is 4.77. The molecule has 1 N–H and O–H groups in total. The Bertz CT molecular complexity index is 1820. The largest absolute Gasteiger partial charge is 0.497 e. The second kappa shape index (κ2) is 8.20. The molecule has 7 nitrogen and oxygen atoms in total. The number of aromatic amines is 1. The standard InChI is InChI=1S/C28H18FNO6/c1-34-15-7-6-14-10-19(28(33)30-22(14)11-15)18-12-24(31)36-23-9-8-17-26(32)20(13-35-27(17)25(18)23)16-4-2-3-5-21(16)29/h2-11,13,18H,12H2,1H3,(H,30,33). The Balaban J connectivity index is 1.58. The molecule has 1 unspecified atom stereocenters. The molecule has 1 atom stereocenters. The van der Waals surface area contributed by atoms with Crippen molar-refractivity contribution in [3.63, 3.8) is 0 Å². The summed E-state index contributed by atoms with van der Waals surface area (Å²) in [5.41, 5.74) is 0.896. The molecule has 0 bridgehead atoms. The first-order valence-corrected chi connectivity index (χ1v) is 11.2. The summed E-state index contributed by atoms with van der Waals surface area (Å²) < 4.78 is 30.9. The highest BCUT2D eigenvalue weighted by atomic mass is 19.1. The number of hydrogen-bond donors (Lipinski definition) is 1. The number of halogens is 1. The molecule has 6 rings (SSSR count). The van der Waals surface area contributed by atoms with E-state index in [2.05, 4.69) is 4.98 Å². The number of rotatable bonds is 3. The van der Waals surface area contributed by atoms with E-state index in [1.807, 2.05) is 0 Å². The maximum atomic E-state index is 14.4. The van der Waals surface area contributed by atoms with Crippen molar-refractivity contribution in [3.8, 4) is 22.6 Å². The average Bonchev–Trinajstić information content (AvgIpc) is 2.88. The molecule has 3 heterocycles. The number of carbonyl (C=O) groups is 1. The molecule has 0 spiro atoms. The Morgan fingerprint density at radius 3 is 2.64 bits per heavy atom. The van der Waals surface area contributed by atoms with Crippen molar-refractivity contribution < 1.29 is 23.1 Å². The maximum absolute atomic E-state index is 14.4. The first-order chi connectivity index (χ1) is 17.4. The van der Waals surface area contributed by atoms with Crippen LogP contribution in [0.25, 0.3) is 33.0 Å². The Morgan fingerprint density at radius 2 is 1.83 bits per heavy atom. The number of esters is 1. The monoisotopic (exact) mass is 483 g/mol. The molecule has 0 fully saturated rings. The first kappa shape index (κ1) is 21.8. The van der Waals surface area contributed by atoms with Gasteiger partial charge in [0.15, 0.2) is 0 Å². The Labute approximate surface area is 202 Å². The van der Waals surface area contributed by atoms with Gasteiger partial charge in [0, 0.05) is 28.7 Å². The van der Waals surface area contributed by atoms with Crippen LogP contribution in [0, 0.1) is 5.82 Å². The summed E-state index contributed by atoms with van der Waals surface area (Å²) in [5, 5.41) is 0.939. The van der Waals surface area contributed by atoms with E-state index in [9.17, 15) is 18.8 Å². The van der Waals surface area contributed by atoms with E-state index in [0.29, 0.717) is 22.4 Å². The van der Waals surface area contributed by atoms with E-state index in [4.69, 9.17) is 13.9 Å². The van der Waals surface area contributed by atoms with Crippen LogP contribution in [-0.2, 0) is 4.79 Å². The molecule has 2 aromatic heterocycles. The van der Waals surface area contributed by atoms with Gasteiger partial charge < -0.3 is 18.9 Å². The van der Waals surface area contributed by atoms with E-state index < -0.39 is 23.1 Å². The minimum Gasteiger partial charge on any atom is -0.497 e. The molecular formula is C28H18FNO6. The molecule has 5 aromatic rings. The summed E-state index contributed by atoms with van der Waals surface area (Å²) in [5.74, 6) is -0.974. The summed E-state index contributed by atoms with van der Waals surface area (Å²) in [7, 11) is 1.54. The lowest BCUT2D eigenvalue weighted by atomic mass is 9.85. The van der Waals surface area contributed by atoms with Crippen molar-refractivity contribution in [1.82, 2.24) is 4.98 Å². The topological polar surface area (TPSA) is 98.6 Å². The van der Waals surface area contributed by atoms with E-state index >= 15 is 0 Å². The highest BCUT2D eigenvalue weighted by molar-refractivity contribution is 5.90. The number of pyridine rings is 1. The van der Waals surface area contributed by atoms with Crippen LogP contribution in [0.3, 0.4) is 0 Å². The van der Waals surface area contributed by atoms with Gasteiger partial charge in [-0.05, 0) is 41.8 Å². The van der Waals surface area contributed by atoms with Gasteiger partial charge in [-0.2, -0.15) is 0 Å². The fourth-order valence-electron chi connectivity index (χ4n) is 4.77. The van der Waals surface area contributed by atoms with Gasteiger partial charge >= 0.3 is 5.97 Å². The normalized spacial score (nSPS) is 15.1. The van der Waals surface area contributed by atoms with Crippen molar-refractivity contribution in [2.24, 2.45) is 0 Å². The van der Waals surface area contributed by atoms with E-state index in [-0.39, 0.29) is 39.8 Å². The summed E-state index contributed by atoms with van der Waals surface area (Å²) in [6, 6.07) is 15.9. The SMILES string of the molecule is COc1ccc2cc(C3CC(=O)Oc4ccc5c(=O)c(-c6ccccc6F)coc5c43)c(=O)[nH]c2c1. The number of benzene rings is 3. The van der Waals surface area contributed by atoms with Gasteiger partial charge in [-0.1, -0.05) is 18.2 Å². The van der Waals surface area contributed by atoms with Gasteiger partial charge in [0.2, 0.25) is 5.43 Å². The van der Waals surface area contributed by atoms with Crippen LogP contribution in [-0.4, -0.2) is 18.1 Å². The minimum atomic E-state index is -0.720. The van der Waals surface area contributed by atoms with Crippen LogP contribution in [0.1, 0.15) is 23.5 Å². The fraction of sp³-hybridized carbons (Fsp3) is 0.107. The molecule has 36 heavy (non-hydrogen) atoms. The van der Waals surface area contributed by atoms with Crippen molar-refractivity contribution in [1.29, 1.82) is 0 Å². The van der Waals surface area contributed by atoms with Gasteiger partial charge in [0.25, 0.3) is 5.56 Å². The van der Waals surface area contributed by atoms with Crippen molar-refractivity contribution in [2.75, 3.05) is 7.11 Å².